The maximum absolute atomic E-state index is 12.1. The molecule has 0 aliphatic heterocycles. The molecular weight excluding hydrogens is 310 g/mol. The van der Waals surface area contributed by atoms with Crippen LogP contribution < -0.4 is 0 Å². The molecule has 0 unspecified atom stereocenters. The highest BCUT2D eigenvalue weighted by molar-refractivity contribution is 9.09. The van der Waals surface area contributed by atoms with Crippen molar-refractivity contribution >= 4 is 27.5 Å². The summed E-state index contributed by atoms with van der Waals surface area (Å²) in [6.07, 6.45) is 3.44. The number of carbonyl (C=O) groups is 1. The van der Waals surface area contributed by atoms with Crippen LogP contribution in [0, 0.1) is 6.92 Å². The van der Waals surface area contributed by atoms with Crippen molar-refractivity contribution in [2.75, 3.05) is 11.9 Å². The van der Waals surface area contributed by atoms with Crippen molar-refractivity contribution in [1.82, 2.24) is 14.6 Å². The molecule has 0 spiro atoms. The molecule has 0 radical (unpaired) electrons. The Bertz CT molecular complexity index is 595. The lowest BCUT2D eigenvalue weighted by Crippen LogP contribution is -2.15. The van der Waals surface area contributed by atoms with E-state index in [1.165, 1.54) is 0 Å². The van der Waals surface area contributed by atoms with E-state index in [2.05, 4.69) is 26.0 Å². The minimum absolute atomic E-state index is 0.345. The zero-order valence-corrected chi connectivity index (χ0v) is 12.6. The number of alkyl halides is 1. The molecule has 0 saturated heterocycles. The summed E-state index contributed by atoms with van der Waals surface area (Å²) in [5.41, 5.74) is 2.85. The van der Waals surface area contributed by atoms with Crippen LogP contribution in [0.2, 0.25) is 0 Å². The van der Waals surface area contributed by atoms with Crippen LogP contribution in [-0.4, -0.2) is 32.5 Å². The molecule has 2 aromatic rings. The summed E-state index contributed by atoms with van der Waals surface area (Å²) in [6, 6.07) is 1.84. The topological polar surface area (TPSA) is 56.5 Å². The number of halogens is 1. The second-order valence-electron chi connectivity index (χ2n) is 4.20. The minimum atomic E-state index is -0.345. The molecule has 0 bridgehead atoms. The highest BCUT2D eigenvalue weighted by Crippen LogP contribution is 2.15. The fraction of sp³-hybridized carbons (Fsp3) is 0.462. The third kappa shape index (κ3) is 2.94. The van der Waals surface area contributed by atoms with Gasteiger partial charge in [0.1, 0.15) is 0 Å². The van der Waals surface area contributed by atoms with E-state index in [0.717, 1.165) is 29.4 Å². The van der Waals surface area contributed by atoms with E-state index >= 15 is 0 Å². The second-order valence-corrected chi connectivity index (χ2v) is 4.99. The molecule has 0 aliphatic rings. The van der Waals surface area contributed by atoms with Crippen molar-refractivity contribution in [2.24, 2.45) is 0 Å². The number of hydrogen-bond donors (Lipinski definition) is 0. The molecule has 2 rings (SSSR count). The standard InChI is InChI=1S/C13H16BrN3O2/c1-3-19-13(18)12-10(5-4-6-14)8-15-11-7-9(2)16-17(11)12/h7-8H,3-6H2,1-2H3. The average molecular weight is 326 g/mol. The van der Waals surface area contributed by atoms with Gasteiger partial charge in [-0.05, 0) is 26.7 Å². The summed E-state index contributed by atoms with van der Waals surface area (Å²) in [4.78, 5) is 16.5. The zero-order valence-electron chi connectivity index (χ0n) is 11.0. The van der Waals surface area contributed by atoms with E-state index in [9.17, 15) is 4.79 Å². The van der Waals surface area contributed by atoms with Crippen LogP contribution in [0.4, 0.5) is 0 Å². The number of rotatable bonds is 5. The van der Waals surface area contributed by atoms with Gasteiger partial charge in [0.05, 0.1) is 12.3 Å². The van der Waals surface area contributed by atoms with Crippen molar-refractivity contribution in [2.45, 2.75) is 26.7 Å². The molecule has 0 fully saturated rings. The molecule has 0 amide bonds. The third-order valence-electron chi connectivity index (χ3n) is 2.73. The molecule has 5 nitrogen and oxygen atoms in total. The number of aryl methyl sites for hydroxylation is 2. The lowest BCUT2D eigenvalue weighted by atomic mass is 10.1. The fourth-order valence-electron chi connectivity index (χ4n) is 1.94. The van der Waals surface area contributed by atoms with E-state index in [1.807, 2.05) is 13.0 Å². The van der Waals surface area contributed by atoms with Gasteiger partial charge in [0.2, 0.25) is 0 Å². The van der Waals surface area contributed by atoms with E-state index in [4.69, 9.17) is 4.74 Å². The number of esters is 1. The summed E-state index contributed by atoms with van der Waals surface area (Å²) in [5.74, 6) is -0.345. The van der Waals surface area contributed by atoms with Crippen LogP contribution in [0.25, 0.3) is 5.65 Å². The second kappa shape index (κ2) is 6.14. The van der Waals surface area contributed by atoms with Crippen molar-refractivity contribution < 1.29 is 9.53 Å². The van der Waals surface area contributed by atoms with Crippen LogP contribution in [0.3, 0.4) is 0 Å². The Balaban J connectivity index is 2.53. The van der Waals surface area contributed by atoms with Crippen molar-refractivity contribution in [1.29, 1.82) is 0 Å². The van der Waals surface area contributed by atoms with E-state index in [0.29, 0.717) is 17.9 Å². The summed E-state index contributed by atoms with van der Waals surface area (Å²) < 4.78 is 6.71. The summed E-state index contributed by atoms with van der Waals surface area (Å²) >= 11 is 3.39. The molecule has 19 heavy (non-hydrogen) atoms. The number of aromatic nitrogens is 3. The summed E-state index contributed by atoms with van der Waals surface area (Å²) in [5, 5.41) is 5.21. The largest absolute Gasteiger partial charge is 0.461 e. The Kier molecular flexibility index (Phi) is 4.52. The maximum Gasteiger partial charge on any atom is 0.357 e. The number of hydrogen-bond acceptors (Lipinski definition) is 4. The predicted molar refractivity (Wildman–Crippen MR) is 75.8 cm³/mol. The lowest BCUT2D eigenvalue weighted by molar-refractivity contribution is 0.0514. The van der Waals surface area contributed by atoms with Gasteiger partial charge in [0.15, 0.2) is 11.3 Å². The average Bonchev–Trinajstić information content (AvgIpc) is 2.75. The van der Waals surface area contributed by atoms with Gasteiger partial charge in [-0.1, -0.05) is 15.9 Å². The number of ether oxygens (including phenoxy) is 1. The smallest absolute Gasteiger partial charge is 0.357 e. The van der Waals surface area contributed by atoms with Gasteiger partial charge in [-0.15, -0.1) is 0 Å². The van der Waals surface area contributed by atoms with Crippen LogP contribution in [-0.2, 0) is 11.2 Å². The monoisotopic (exact) mass is 325 g/mol. The highest BCUT2D eigenvalue weighted by atomic mass is 79.9. The maximum atomic E-state index is 12.1. The summed E-state index contributed by atoms with van der Waals surface area (Å²) in [7, 11) is 0. The first-order valence-corrected chi connectivity index (χ1v) is 7.36. The molecule has 6 heteroatoms. The minimum Gasteiger partial charge on any atom is -0.461 e. The third-order valence-corrected chi connectivity index (χ3v) is 3.29. The van der Waals surface area contributed by atoms with Crippen molar-refractivity contribution in [3.8, 4) is 0 Å². The number of fused-ring (bicyclic) bond motifs is 1. The first kappa shape index (κ1) is 14.0. The van der Waals surface area contributed by atoms with Gasteiger partial charge in [-0.2, -0.15) is 5.10 Å². The molecule has 0 aliphatic carbocycles. The van der Waals surface area contributed by atoms with Gasteiger partial charge in [0, 0.05) is 23.2 Å². The number of carbonyl (C=O) groups excluding carboxylic acids is 1. The van der Waals surface area contributed by atoms with Gasteiger partial charge in [-0.3, -0.25) is 0 Å². The Labute approximate surface area is 120 Å². The zero-order chi connectivity index (χ0) is 13.8. The van der Waals surface area contributed by atoms with E-state index < -0.39 is 0 Å². The highest BCUT2D eigenvalue weighted by Gasteiger charge is 2.18. The quantitative estimate of drug-likeness (QED) is 0.626. The van der Waals surface area contributed by atoms with Crippen molar-refractivity contribution in [3.05, 3.63) is 29.2 Å². The Hall–Kier alpha value is -1.43. The van der Waals surface area contributed by atoms with Gasteiger partial charge >= 0.3 is 5.97 Å². The molecule has 2 heterocycles. The molecule has 0 N–H and O–H groups in total. The molecule has 102 valence electrons. The predicted octanol–water partition coefficient (Wildman–Crippen LogP) is 2.54. The van der Waals surface area contributed by atoms with Crippen LogP contribution in [0.15, 0.2) is 12.3 Å². The molecule has 0 saturated carbocycles. The Morgan fingerprint density at radius 3 is 3.00 bits per heavy atom. The normalized spacial score (nSPS) is 10.9. The van der Waals surface area contributed by atoms with Gasteiger partial charge < -0.3 is 4.74 Å². The Morgan fingerprint density at radius 2 is 2.32 bits per heavy atom. The van der Waals surface area contributed by atoms with Crippen LogP contribution in [0.5, 0.6) is 0 Å². The van der Waals surface area contributed by atoms with Crippen LogP contribution >= 0.6 is 15.9 Å². The van der Waals surface area contributed by atoms with E-state index in [1.54, 1.807) is 17.6 Å². The molecular formula is C13H16BrN3O2. The first-order valence-electron chi connectivity index (χ1n) is 6.24. The molecule has 0 atom stereocenters. The molecule has 2 aromatic heterocycles. The fourth-order valence-corrected chi connectivity index (χ4v) is 2.22. The van der Waals surface area contributed by atoms with Gasteiger partial charge in [-0.25, -0.2) is 14.3 Å². The lowest BCUT2D eigenvalue weighted by Gasteiger charge is -2.09. The van der Waals surface area contributed by atoms with Crippen LogP contribution in [0.1, 0.15) is 35.1 Å². The van der Waals surface area contributed by atoms with Gasteiger partial charge in [0.25, 0.3) is 0 Å². The van der Waals surface area contributed by atoms with Crippen molar-refractivity contribution in [3.63, 3.8) is 0 Å². The first-order chi connectivity index (χ1) is 9.17. The summed E-state index contributed by atoms with van der Waals surface area (Å²) in [6.45, 7) is 4.02. The SMILES string of the molecule is CCOC(=O)c1c(CCCBr)cnc2cc(C)nn12. The number of nitrogens with zero attached hydrogens (tertiary/aromatic N) is 3. The Morgan fingerprint density at radius 1 is 1.53 bits per heavy atom. The molecule has 0 aromatic carbocycles. The van der Waals surface area contributed by atoms with E-state index in [-0.39, 0.29) is 5.97 Å².